The average molecular weight is 329 g/mol. The van der Waals surface area contributed by atoms with E-state index in [4.69, 9.17) is 4.74 Å². The number of benzene rings is 1. The maximum Gasteiger partial charge on any atom is 0.343 e. The Bertz CT molecular complexity index is 776. The van der Waals surface area contributed by atoms with E-state index in [0.717, 1.165) is 7.11 Å². The van der Waals surface area contributed by atoms with Crippen LogP contribution in [-0.2, 0) is 19.1 Å². The van der Waals surface area contributed by atoms with Gasteiger partial charge in [-0.1, -0.05) is 30.3 Å². The zero-order valence-corrected chi connectivity index (χ0v) is 14.0. The first kappa shape index (κ1) is 17.5. The van der Waals surface area contributed by atoms with Crippen LogP contribution in [0.2, 0.25) is 0 Å². The fourth-order valence-corrected chi connectivity index (χ4v) is 3.09. The molecule has 0 spiro atoms. The van der Waals surface area contributed by atoms with Gasteiger partial charge < -0.3 is 15.2 Å². The Morgan fingerprint density at radius 2 is 1.71 bits per heavy atom. The number of esters is 1. The summed E-state index contributed by atoms with van der Waals surface area (Å²) in [5.41, 5.74) is -0.241. The van der Waals surface area contributed by atoms with E-state index in [0.29, 0.717) is 16.8 Å². The van der Waals surface area contributed by atoms with Gasteiger partial charge in [0.05, 0.1) is 12.7 Å². The normalized spacial score (nSPS) is 20.5. The highest BCUT2D eigenvalue weighted by Gasteiger charge is 2.51. The van der Waals surface area contributed by atoms with Gasteiger partial charge in [-0.2, -0.15) is 0 Å². The van der Waals surface area contributed by atoms with Crippen molar-refractivity contribution in [3.05, 3.63) is 52.7 Å². The summed E-state index contributed by atoms with van der Waals surface area (Å²) in [6.45, 7) is 4.33. The average Bonchev–Trinajstić information content (AvgIpc) is 2.55. The largest absolute Gasteiger partial charge is 0.478 e. The van der Waals surface area contributed by atoms with Crippen molar-refractivity contribution in [3.8, 4) is 0 Å². The van der Waals surface area contributed by atoms with E-state index < -0.39 is 23.3 Å². The summed E-state index contributed by atoms with van der Waals surface area (Å²) in [5.74, 6) is -2.57. The summed E-state index contributed by atoms with van der Waals surface area (Å²) in [7, 11) is 1.16. The van der Waals surface area contributed by atoms with Crippen molar-refractivity contribution in [2.45, 2.75) is 26.3 Å². The summed E-state index contributed by atoms with van der Waals surface area (Å²) in [5, 5.41) is 12.6. The van der Waals surface area contributed by atoms with Crippen molar-refractivity contribution >= 4 is 23.3 Å². The molecule has 2 rings (SSSR count). The van der Waals surface area contributed by atoms with Crippen LogP contribution in [0.25, 0.3) is 5.57 Å². The number of dihydropyridines is 1. The van der Waals surface area contributed by atoms with Gasteiger partial charge >= 0.3 is 11.9 Å². The molecule has 0 saturated heterocycles. The van der Waals surface area contributed by atoms with Crippen LogP contribution in [0.5, 0.6) is 0 Å². The number of methoxy groups -OCH3 is 1. The number of carbonyl (C=O) groups excluding carboxylic acids is 2. The Balaban J connectivity index is 2.81. The summed E-state index contributed by atoms with van der Waals surface area (Å²) >= 11 is 0. The Labute approximate surface area is 139 Å². The second kappa shape index (κ2) is 6.31. The van der Waals surface area contributed by atoms with Crippen molar-refractivity contribution in [1.82, 2.24) is 5.32 Å². The zero-order valence-electron chi connectivity index (χ0n) is 14.0. The van der Waals surface area contributed by atoms with Crippen LogP contribution in [-0.4, -0.2) is 35.5 Å². The number of ether oxygens (including phenoxy) is 1. The number of ketones is 1. The molecular formula is C18H19NO5. The van der Waals surface area contributed by atoms with Crippen LogP contribution >= 0.6 is 0 Å². The molecule has 6 heteroatoms. The molecule has 1 aromatic carbocycles. The highest BCUT2D eigenvalue weighted by Crippen LogP contribution is 2.38. The molecule has 0 bridgehead atoms. The molecule has 2 N–H and O–H groups in total. The minimum atomic E-state index is -1.83. The minimum absolute atomic E-state index is 0.0712. The predicted octanol–water partition coefficient (Wildman–Crippen LogP) is 1.92. The lowest BCUT2D eigenvalue weighted by Gasteiger charge is -2.37. The third-order valence-corrected chi connectivity index (χ3v) is 4.23. The molecule has 0 amide bonds. The van der Waals surface area contributed by atoms with E-state index in [-0.39, 0.29) is 11.1 Å². The molecule has 1 atom stereocenters. The topological polar surface area (TPSA) is 92.7 Å². The number of carboxylic acids is 1. The molecule has 0 unspecified atom stereocenters. The number of aliphatic carboxylic acids is 1. The van der Waals surface area contributed by atoms with Crippen LogP contribution < -0.4 is 5.32 Å². The Morgan fingerprint density at radius 1 is 1.12 bits per heavy atom. The van der Waals surface area contributed by atoms with Crippen molar-refractivity contribution < 1.29 is 24.2 Å². The van der Waals surface area contributed by atoms with Gasteiger partial charge in [0, 0.05) is 11.3 Å². The van der Waals surface area contributed by atoms with Gasteiger partial charge in [-0.05, 0) is 31.9 Å². The number of rotatable bonds is 4. The van der Waals surface area contributed by atoms with Gasteiger partial charge in [-0.15, -0.1) is 0 Å². The number of Topliss-reactive ketones (excluding diaryl/α,β-unsaturated/α-hetero) is 1. The molecule has 6 nitrogen and oxygen atoms in total. The van der Waals surface area contributed by atoms with E-state index in [1.54, 1.807) is 31.2 Å². The predicted molar refractivity (Wildman–Crippen MR) is 87.9 cm³/mol. The van der Waals surface area contributed by atoms with Gasteiger partial charge in [0.15, 0.2) is 5.78 Å². The van der Waals surface area contributed by atoms with Gasteiger partial charge in [-0.25, -0.2) is 9.59 Å². The molecule has 0 aromatic heterocycles. The summed E-state index contributed by atoms with van der Waals surface area (Å²) in [6.07, 6.45) is 0. The van der Waals surface area contributed by atoms with Crippen LogP contribution in [0.4, 0.5) is 0 Å². The highest BCUT2D eigenvalue weighted by atomic mass is 16.5. The van der Waals surface area contributed by atoms with Crippen LogP contribution in [0.3, 0.4) is 0 Å². The third kappa shape index (κ3) is 2.50. The van der Waals surface area contributed by atoms with Crippen molar-refractivity contribution in [2.24, 2.45) is 0 Å². The number of nitrogens with one attached hydrogen (secondary N) is 1. The fraction of sp³-hybridized carbons (Fsp3) is 0.278. The lowest BCUT2D eigenvalue weighted by atomic mass is 9.77. The number of carbonyl (C=O) groups is 3. The molecule has 1 aliphatic heterocycles. The first-order valence-corrected chi connectivity index (χ1v) is 7.36. The number of hydrogen-bond acceptors (Lipinski definition) is 5. The molecule has 1 heterocycles. The maximum atomic E-state index is 12.3. The first-order chi connectivity index (χ1) is 11.3. The summed E-state index contributed by atoms with van der Waals surface area (Å²) < 4.78 is 4.77. The van der Waals surface area contributed by atoms with Crippen LogP contribution in [0, 0.1) is 0 Å². The third-order valence-electron chi connectivity index (χ3n) is 4.23. The monoisotopic (exact) mass is 329 g/mol. The molecule has 0 saturated carbocycles. The Kier molecular flexibility index (Phi) is 4.59. The van der Waals surface area contributed by atoms with Crippen molar-refractivity contribution in [1.29, 1.82) is 0 Å². The Hall–Kier alpha value is -2.89. The molecule has 24 heavy (non-hydrogen) atoms. The number of carboxylic acid groups (broad SMARTS) is 1. The molecule has 0 fully saturated rings. The van der Waals surface area contributed by atoms with E-state index in [1.165, 1.54) is 13.8 Å². The van der Waals surface area contributed by atoms with Gasteiger partial charge in [-0.3, -0.25) is 4.79 Å². The van der Waals surface area contributed by atoms with E-state index in [9.17, 15) is 19.5 Å². The second-order valence-corrected chi connectivity index (χ2v) is 5.59. The van der Waals surface area contributed by atoms with E-state index in [2.05, 4.69) is 5.32 Å². The minimum Gasteiger partial charge on any atom is -0.478 e. The molecule has 1 aromatic rings. The second-order valence-electron chi connectivity index (χ2n) is 5.59. The molecule has 0 radical (unpaired) electrons. The molecular weight excluding hydrogens is 310 g/mol. The molecule has 0 aliphatic carbocycles. The van der Waals surface area contributed by atoms with Gasteiger partial charge in [0.25, 0.3) is 0 Å². The molecule has 126 valence electrons. The lowest BCUT2D eigenvalue weighted by Crippen LogP contribution is -2.60. The Morgan fingerprint density at radius 3 is 2.17 bits per heavy atom. The van der Waals surface area contributed by atoms with E-state index >= 15 is 0 Å². The number of allylic oxidation sites excluding steroid dienone is 1. The lowest BCUT2D eigenvalue weighted by molar-refractivity contribution is -0.150. The summed E-state index contributed by atoms with van der Waals surface area (Å²) in [6, 6.07) is 8.95. The van der Waals surface area contributed by atoms with Crippen LogP contribution in [0.1, 0.15) is 26.3 Å². The standard InChI is InChI=1S/C18H19NO5/c1-10-14(16(21)22)15(13-8-6-5-7-9-13)11(2)19-18(10,12(3)20)17(23)24-4/h5-9,19H,1-4H3,(H,21,22)/t18-/m1/s1. The fourth-order valence-electron chi connectivity index (χ4n) is 3.09. The van der Waals surface area contributed by atoms with Crippen molar-refractivity contribution in [3.63, 3.8) is 0 Å². The number of hydrogen-bond donors (Lipinski definition) is 2. The van der Waals surface area contributed by atoms with Gasteiger partial charge in [0.1, 0.15) is 0 Å². The summed E-state index contributed by atoms with van der Waals surface area (Å²) in [4.78, 5) is 36.5. The van der Waals surface area contributed by atoms with Gasteiger partial charge in [0.2, 0.25) is 5.54 Å². The first-order valence-electron chi connectivity index (χ1n) is 7.36. The zero-order chi connectivity index (χ0) is 18.1. The van der Waals surface area contributed by atoms with E-state index in [1.807, 2.05) is 6.07 Å². The highest BCUT2D eigenvalue weighted by molar-refractivity contribution is 6.17. The molecule has 1 aliphatic rings. The van der Waals surface area contributed by atoms with Crippen LogP contribution in [0.15, 0.2) is 47.2 Å². The quantitative estimate of drug-likeness (QED) is 0.648. The SMILES string of the molecule is COC(=O)[C@@]1(C(C)=O)NC(C)=C(c2ccccc2)C(C(=O)O)=C1C. The van der Waals surface area contributed by atoms with Crippen molar-refractivity contribution in [2.75, 3.05) is 7.11 Å². The maximum absolute atomic E-state index is 12.3. The smallest absolute Gasteiger partial charge is 0.343 e.